The van der Waals surface area contributed by atoms with Crippen molar-refractivity contribution in [1.82, 2.24) is 25.2 Å². The molecule has 8 heteroatoms. The number of oxazole rings is 2. The molecule has 0 fully saturated rings. The molecule has 0 aliphatic carbocycles. The minimum absolute atomic E-state index is 0.136. The van der Waals surface area contributed by atoms with Crippen LogP contribution >= 0.6 is 0 Å². The number of pyridine rings is 1. The van der Waals surface area contributed by atoms with Crippen molar-refractivity contribution in [3.05, 3.63) is 66.8 Å². The van der Waals surface area contributed by atoms with Crippen molar-refractivity contribution in [3.63, 3.8) is 0 Å². The molecule has 0 spiro atoms. The largest absolute Gasteiger partial charge is 0.451 e. The second-order valence-electron chi connectivity index (χ2n) is 6.73. The molecule has 0 saturated heterocycles. The highest BCUT2D eigenvalue weighted by Gasteiger charge is 2.22. The minimum Gasteiger partial charge on any atom is -0.451 e. The lowest BCUT2D eigenvalue weighted by atomic mass is 9.98. The average Bonchev–Trinajstić information content (AvgIpc) is 3.35. The summed E-state index contributed by atoms with van der Waals surface area (Å²) < 4.78 is 10.0. The number of carbonyl (C=O) groups is 1. The Kier molecular flexibility index (Phi) is 6.19. The van der Waals surface area contributed by atoms with Crippen LogP contribution in [-0.2, 0) is 13.1 Å². The summed E-state index contributed by atoms with van der Waals surface area (Å²) >= 11 is 0. The van der Waals surface area contributed by atoms with E-state index in [0.717, 1.165) is 12.0 Å². The van der Waals surface area contributed by atoms with Gasteiger partial charge in [0.1, 0.15) is 12.5 Å². The number of amides is 2. The van der Waals surface area contributed by atoms with Gasteiger partial charge in [0.25, 0.3) is 0 Å². The number of aromatic nitrogens is 3. The van der Waals surface area contributed by atoms with Gasteiger partial charge in [0.15, 0.2) is 12.8 Å². The second kappa shape index (κ2) is 8.98. The van der Waals surface area contributed by atoms with Gasteiger partial charge in [-0.05, 0) is 24.0 Å². The van der Waals surface area contributed by atoms with Gasteiger partial charge in [-0.3, -0.25) is 4.98 Å². The smallest absolute Gasteiger partial charge is 0.318 e. The van der Waals surface area contributed by atoms with E-state index < -0.39 is 0 Å². The third kappa shape index (κ3) is 5.40. The van der Waals surface area contributed by atoms with Crippen LogP contribution in [0.25, 0.3) is 0 Å². The van der Waals surface area contributed by atoms with E-state index in [9.17, 15) is 4.79 Å². The molecule has 0 bridgehead atoms. The molecule has 0 unspecified atom stereocenters. The van der Waals surface area contributed by atoms with E-state index in [1.54, 1.807) is 17.3 Å². The average molecular weight is 369 g/mol. The maximum atomic E-state index is 13.0. The third-order valence-electron chi connectivity index (χ3n) is 4.05. The fourth-order valence-corrected chi connectivity index (χ4v) is 2.79. The SMILES string of the molecule is CC(C)C[C@@H](NC(=O)N(Cc1cocn1)Cc1cocn1)c1cccnc1. The van der Waals surface area contributed by atoms with Crippen molar-refractivity contribution in [2.24, 2.45) is 5.92 Å². The molecule has 0 saturated carbocycles. The molecule has 27 heavy (non-hydrogen) atoms. The van der Waals surface area contributed by atoms with Crippen molar-refractivity contribution < 1.29 is 13.6 Å². The molecule has 0 aliphatic rings. The van der Waals surface area contributed by atoms with E-state index in [0.29, 0.717) is 30.4 Å². The second-order valence-corrected chi connectivity index (χ2v) is 6.73. The zero-order valence-corrected chi connectivity index (χ0v) is 15.4. The van der Waals surface area contributed by atoms with Gasteiger partial charge in [0, 0.05) is 12.4 Å². The van der Waals surface area contributed by atoms with Gasteiger partial charge >= 0.3 is 6.03 Å². The number of carbonyl (C=O) groups excluding carboxylic acids is 1. The number of nitrogens with zero attached hydrogens (tertiary/aromatic N) is 4. The van der Waals surface area contributed by atoms with E-state index in [1.165, 1.54) is 25.3 Å². The van der Waals surface area contributed by atoms with Gasteiger partial charge in [0.2, 0.25) is 0 Å². The summed E-state index contributed by atoms with van der Waals surface area (Å²) in [6.45, 7) is 4.85. The number of rotatable bonds is 8. The van der Waals surface area contributed by atoms with Gasteiger partial charge in [-0.2, -0.15) is 0 Å². The van der Waals surface area contributed by atoms with Crippen molar-refractivity contribution in [1.29, 1.82) is 0 Å². The predicted molar refractivity (Wildman–Crippen MR) is 97.2 cm³/mol. The first-order chi connectivity index (χ1) is 13.1. The molecular formula is C19H23N5O3. The molecule has 1 atom stereocenters. The van der Waals surface area contributed by atoms with Crippen LogP contribution in [0.1, 0.15) is 43.3 Å². The van der Waals surface area contributed by atoms with E-state index in [-0.39, 0.29) is 12.1 Å². The summed E-state index contributed by atoms with van der Waals surface area (Å²) in [4.78, 5) is 27.1. The molecule has 3 aromatic rings. The molecule has 0 aromatic carbocycles. The maximum absolute atomic E-state index is 13.0. The maximum Gasteiger partial charge on any atom is 0.318 e. The Morgan fingerprint density at radius 2 is 1.81 bits per heavy atom. The topological polar surface area (TPSA) is 97.3 Å². The first-order valence-electron chi connectivity index (χ1n) is 8.81. The lowest BCUT2D eigenvalue weighted by Gasteiger charge is -2.26. The Balaban J connectivity index is 1.76. The van der Waals surface area contributed by atoms with Crippen LogP contribution in [0, 0.1) is 5.92 Å². The summed E-state index contributed by atoms with van der Waals surface area (Å²) in [5.41, 5.74) is 2.30. The van der Waals surface area contributed by atoms with Crippen LogP contribution in [0.5, 0.6) is 0 Å². The quantitative estimate of drug-likeness (QED) is 0.652. The monoisotopic (exact) mass is 369 g/mol. The van der Waals surface area contributed by atoms with Crippen molar-refractivity contribution in [3.8, 4) is 0 Å². The van der Waals surface area contributed by atoms with Crippen LogP contribution < -0.4 is 5.32 Å². The van der Waals surface area contributed by atoms with E-state index in [4.69, 9.17) is 8.83 Å². The summed E-state index contributed by atoms with van der Waals surface area (Å²) in [5, 5.41) is 3.12. The minimum atomic E-state index is -0.212. The zero-order valence-electron chi connectivity index (χ0n) is 15.4. The van der Waals surface area contributed by atoms with Crippen LogP contribution in [0.3, 0.4) is 0 Å². The Morgan fingerprint density at radius 1 is 1.15 bits per heavy atom. The molecule has 8 nitrogen and oxygen atoms in total. The summed E-state index contributed by atoms with van der Waals surface area (Å²) in [6.07, 6.45) is 10.0. The Hall–Kier alpha value is -3.16. The summed E-state index contributed by atoms with van der Waals surface area (Å²) in [6, 6.07) is 3.50. The van der Waals surface area contributed by atoms with Crippen LogP contribution in [-0.4, -0.2) is 25.9 Å². The van der Waals surface area contributed by atoms with Crippen LogP contribution in [0.15, 0.2) is 58.7 Å². The summed E-state index contributed by atoms with van der Waals surface area (Å²) in [7, 11) is 0. The molecule has 3 aromatic heterocycles. The van der Waals surface area contributed by atoms with Gasteiger partial charge in [-0.25, -0.2) is 14.8 Å². The molecule has 0 aliphatic heterocycles. The van der Waals surface area contributed by atoms with E-state index >= 15 is 0 Å². The third-order valence-corrected chi connectivity index (χ3v) is 4.05. The Morgan fingerprint density at radius 3 is 2.30 bits per heavy atom. The molecule has 3 rings (SSSR count). The van der Waals surface area contributed by atoms with Crippen LogP contribution in [0.2, 0.25) is 0 Å². The summed E-state index contributed by atoms with van der Waals surface area (Å²) in [5.74, 6) is 0.412. The number of hydrogen-bond donors (Lipinski definition) is 1. The van der Waals surface area contributed by atoms with Crippen molar-refractivity contribution >= 4 is 6.03 Å². The highest BCUT2D eigenvalue weighted by atomic mass is 16.3. The highest BCUT2D eigenvalue weighted by Crippen LogP contribution is 2.21. The zero-order chi connectivity index (χ0) is 19.1. The number of hydrogen-bond acceptors (Lipinski definition) is 6. The van der Waals surface area contributed by atoms with Gasteiger partial charge in [-0.1, -0.05) is 19.9 Å². The van der Waals surface area contributed by atoms with Gasteiger partial charge in [0.05, 0.1) is 30.5 Å². The first-order valence-corrected chi connectivity index (χ1v) is 8.81. The normalized spacial score (nSPS) is 12.1. The van der Waals surface area contributed by atoms with E-state index in [2.05, 4.69) is 34.1 Å². The van der Waals surface area contributed by atoms with E-state index in [1.807, 2.05) is 12.1 Å². The molecule has 3 heterocycles. The predicted octanol–water partition coefficient (Wildman–Crippen LogP) is 3.56. The van der Waals surface area contributed by atoms with Gasteiger partial charge < -0.3 is 19.1 Å². The Bertz CT molecular complexity index is 767. The fraction of sp³-hybridized carbons (Fsp3) is 0.368. The number of urea groups is 1. The van der Waals surface area contributed by atoms with Gasteiger partial charge in [-0.15, -0.1) is 0 Å². The molecule has 142 valence electrons. The molecule has 0 radical (unpaired) electrons. The fourth-order valence-electron chi connectivity index (χ4n) is 2.79. The van der Waals surface area contributed by atoms with Crippen LogP contribution in [0.4, 0.5) is 4.79 Å². The number of nitrogens with one attached hydrogen (secondary N) is 1. The lowest BCUT2D eigenvalue weighted by Crippen LogP contribution is -2.41. The highest BCUT2D eigenvalue weighted by molar-refractivity contribution is 5.74. The first kappa shape index (κ1) is 18.6. The molecule has 1 N–H and O–H groups in total. The van der Waals surface area contributed by atoms with Crippen molar-refractivity contribution in [2.45, 2.75) is 39.4 Å². The van der Waals surface area contributed by atoms with Crippen molar-refractivity contribution in [2.75, 3.05) is 0 Å². The molecule has 2 amide bonds. The standard InChI is InChI=1S/C19H23N5O3/c1-14(2)6-18(15-4-3-5-20-7-15)23-19(25)24(8-16-10-26-12-21-16)9-17-11-27-13-22-17/h3-5,7,10-14,18H,6,8-9H2,1-2H3,(H,23,25)/t18-/m1/s1. The Labute approximate surface area is 157 Å². The lowest BCUT2D eigenvalue weighted by molar-refractivity contribution is 0.185. The molecular weight excluding hydrogens is 346 g/mol.